The van der Waals surface area contributed by atoms with Crippen LogP contribution in [0.4, 0.5) is 0 Å². The molecule has 0 aliphatic rings. The third kappa shape index (κ3) is 4.64. The van der Waals surface area contributed by atoms with Gasteiger partial charge in [-0.3, -0.25) is 4.79 Å². The van der Waals surface area contributed by atoms with E-state index in [0.29, 0.717) is 12.0 Å². The SMILES string of the molecule is C=CCCC(=O)N[C@@H](Cc1ccc(O)c(O)c1)C(=O)O. The highest BCUT2D eigenvalue weighted by atomic mass is 16.4. The molecule has 6 heteroatoms. The number of carbonyl (C=O) groups excluding carboxylic acids is 1. The zero-order chi connectivity index (χ0) is 15.1. The number of carboxylic acid groups (broad SMARTS) is 1. The van der Waals surface area contributed by atoms with E-state index in [-0.39, 0.29) is 30.2 Å². The van der Waals surface area contributed by atoms with Crippen molar-refractivity contribution in [2.45, 2.75) is 25.3 Å². The van der Waals surface area contributed by atoms with Crippen LogP contribution >= 0.6 is 0 Å². The van der Waals surface area contributed by atoms with Gasteiger partial charge in [-0.1, -0.05) is 12.1 Å². The molecular formula is C14H17NO5. The van der Waals surface area contributed by atoms with E-state index in [2.05, 4.69) is 11.9 Å². The average Bonchev–Trinajstić information content (AvgIpc) is 2.39. The van der Waals surface area contributed by atoms with Crippen molar-refractivity contribution in [1.29, 1.82) is 0 Å². The number of aromatic hydroxyl groups is 2. The number of rotatable bonds is 7. The number of hydrogen-bond acceptors (Lipinski definition) is 4. The maximum absolute atomic E-state index is 11.5. The van der Waals surface area contributed by atoms with Crippen LogP contribution in [-0.4, -0.2) is 33.2 Å². The first-order chi connectivity index (χ1) is 9.43. The molecule has 0 saturated carbocycles. The average molecular weight is 279 g/mol. The van der Waals surface area contributed by atoms with E-state index in [1.165, 1.54) is 18.2 Å². The van der Waals surface area contributed by atoms with Gasteiger partial charge in [-0.05, 0) is 24.1 Å². The Morgan fingerprint density at radius 3 is 2.55 bits per heavy atom. The number of hydrogen-bond donors (Lipinski definition) is 4. The quantitative estimate of drug-likeness (QED) is 0.443. The summed E-state index contributed by atoms with van der Waals surface area (Å²) in [5, 5.41) is 30.0. The van der Waals surface area contributed by atoms with Crippen molar-refractivity contribution in [1.82, 2.24) is 5.32 Å². The Morgan fingerprint density at radius 2 is 2.00 bits per heavy atom. The minimum Gasteiger partial charge on any atom is -0.504 e. The fourth-order valence-electron chi connectivity index (χ4n) is 1.63. The lowest BCUT2D eigenvalue weighted by molar-refractivity contribution is -0.141. The summed E-state index contributed by atoms with van der Waals surface area (Å²) in [6.07, 6.45) is 2.24. The maximum Gasteiger partial charge on any atom is 0.326 e. The molecule has 0 bridgehead atoms. The van der Waals surface area contributed by atoms with E-state index in [9.17, 15) is 19.8 Å². The zero-order valence-electron chi connectivity index (χ0n) is 10.9. The van der Waals surface area contributed by atoms with Crippen molar-refractivity contribution in [3.05, 3.63) is 36.4 Å². The van der Waals surface area contributed by atoms with Crippen LogP contribution in [0.3, 0.4) is 0 Å². The van der Waals surface area contributed by atoms with Crippen molar-refractivity contribution in [3.8, 4) is 11.5 Å². The number of carbonyl (C=O) groups is 2. The lowest BCUT2D eigenvalue weighted by atomic mass is 10.0. The first-order valence-electron chi connectivity index (χ1n) is 6.08. The molecule has 20 heavy (non-hydrogen) atoms. The van der Waals surface area contributed by atoms with E-state index in [1.54, 1.807) is 6.08 Å². The molecule has 0 aliphatic carbocycles. The smallest absolute Gasteiger partial charge is 0.326 e. The van der Waals surface area contributed by atoms with Gasteiger partial charge >= 0.3 is 5.97 Å². The van der Waals surface area contributed by atoms with E-state index < -0.39 is 12.0 Å². The fourth-order valence-corrected chi connectivity index (χ4v) is 1.63. The van der Waals surface area contributed by atoms with Crippen molar-refractivity contribution >= 4 is 11.9 Å². The molecule has 4 N–H and O–H groups in total. The molecule has 0 aliphatic heterocycles. The van der Waals surface area contributed by atoms with Gasteiger partial charge in [-0.15, -0.1) is 6.58 Å². The minimum atomic E-state index is -1.16. The van der Waals surface area contributed by atoms with Crippen LogP contribution in [0.15, 0.2) is 30.9 Å². The maximum atomic E-state index is 11.5. The predicted octanol–water partition coefficient (Wildman–Crippen LogP) is 1.18. The van der Waals surface area contributed by atoms with Crippen LogP contribution in [0, 0.1) is 0 Å². The van der Waals surface area contributed by atoms with Crippen LogP contribution in [0.25, 0.3) is 0 Å². The molecule has 0 radical (unpaired) electrons. The lowest BCUT2D eigenvalue weighted by Gasteiger charge is -2.14. The van der Waals surface area contributed by atoms with Crippen molar-refractivity contribution in [3.63, 3.8) is 0 Å². The summed E-state index contributed by atoms with van der Waals surface area (Å²) in [7, 11) is 0. The van der Waals surface area contributed by atoms with Gasteiger partial charge in [0.25, 0.3) is 0 Å². The number of allylic oxidation sites excluding steroid dienone is 1. The molecule has 108 valence electrons. The highest BCUT2D eigenvalue weighted by Gasteiger charge is 2.20. The standard InChI is InChI=1S/C14H17NO5/c1-2-3-4-13(18)15-10(14(19)20)7-9-5-6-11(16)12(17)8-9/h2,5-6,8,10,16-17H,1,3-4,7H2,(H,15,18)(H,19,20)/t10-/m0/s1. The van der Waals surface area contributed by atoms with Gasteiger partial charge in [0.2, 0.25) is 5.91 Å². The van der Waals surface area contributed by atoms with Crippen molar-refractivity contribution in [2.75, 3.05) is 0 Å². The number of benzene rings is 1. The minimum absolute atomic E-state index is 0.0169. The molecule has 0 aromatic heterocycles. The summed E-state index contributed by atoms with van der Waals surface area (Å²) in [6.45, 7) is 3.48. The second-order valence-electron chi connectivity index (χ2n) is 4.31. The summed E-state index contributed by atoms with van der Waals surface area (Å²) in [5.74, 6) is -2.15. The Bertz CT molecular complexity index is 512. The van der Waals surface area contributed by atoms with Gasteiger partial charge in [0.1, 0.15) is 6.04 Å². The Kier molecular flexibility index (Phi) is 5.58. The van der Waals surface area contributed by atoms with Crippen LogP contribution in [0.1, 0.15) is 18.4 Å². The van der Waals surface area contributed by atoms with Crippen LogP contribution in [0.5, 0.6) is 11.5 Å². The molecule has 1 aromatic rings. The second-order valence-corrected chi connectivity index (χ2v) is 4.31. The van der Waals surface area contributed by atoms with E-state index in [0.717, 1.165) is 0 Å². The third-order valence-corrected chi connectivity index (χ3v) is 2.69. The lowest BCUT2D eigenvalue weighted by Crippen LogP contribution is -2.42. The largest absolute Gasteiger partial charge is 0.504 e. The summed E-state index contributed by atoms with van der Waals surface area (Å²) >= 11 is 0. The fraction of sp³-hybridized carbons (Fsp3) is 0.286. The van der Waals surface area contributed by atoms with Crippen LogP contribution in [-0.2, 0) is 16.0 Å². The molecular weight excluding hydrogens is 262 g/mol. The zero-order valence-corrected chi connectivity index (χ0v) is 10.9. The Hall–Kier alpha value is -2.50. The normalized spacial score (nSPS) is 11.6. The van der Waals surface area contributed by atoms with E-state index in [4.69, 9.17) is 5.11 Å². The Labute approximate surface area is 116 Å². The molecule has 0 saturated heterocycles. The number of phenols is 2. The highest BCUT2D eigenvalue weighted by molar-refractivity contribution is 5.83. The van der Waals surface area contributed by atoms with E-state index in [1.807, 2.05) is 0 Å². The van der Waals surface area contributed by atoms with E-state index >= 15 is 0 Å². The number of carboxylic acids is 1. The summed E-state index contributed by atoms with van der Waals surface area (Å²) < 4.78 is 0. The van der Waals surface area contributed by atoms with Crippen molar-refractivity contribution < 1.29 is 24.9 Å². The highest BCUT2D eigenvalue weighted by Crippen LogP contribution is 2.25. The Balaban J connectivity index is 2.71. The first kappa shape index (κ1) is 15.6. The molecule has 0 heterocycles. The van der Waals surface area contributed by atoms with Gasteiger partial charge < -0.3 is 20.6 Å². The second kappa shape index (κ2) is 7.18. The summed E-state index contributed by atoms with van der Waals surface area (Å²) in [4.78, 5) is 22.6. The molecule has 1 atom stereocenters. The first-order valence-corrected chi connectivity index (χ1v) is 6.08. The van der Waals surface area contributed by atoms with Crippen LogP contribution < -0.4 is 5.32 Å². The monoisotopic (exact) mass is 279 g/mol. The molecule has 1 rings (SSSR count). The Morgan fingerprint density at radius 1 is 1.30 bits per heavy atom. The number of nitrogens with one attached hydrogen (secondary N) is 1. The molecule has 1 aromatic carbocycles. The summed E-state index contributed by atoms with van der Waals surface area (Å²) in [5.41, 5.74) is 0.497. The van der Waals surface area contributed by atoms with Gasteiger partial charge in [0.15, 0.2) is 11.5 Å². The molecule has 0 fully saturated rings. The van der Waals surface area contributed by atoms with Gasteiger partial charge in [0.05, 0.1) is 0 Å². The van der Waals surface area contributed by atoms with Crippen molar-refractivity contribution in [2.24, 2.45) is 0 Å². The topological polar surface area (TPSA) is 107 Å². The predicted molar refractivity (Wildman–Crippen MR) is 72.5 cm³/mol. The van der Waals surface area contributed by atoms with Gasteiger partial charge in [-0.25, -0.2) is 4.79 Å². The number of amides is 1. The molecule has 6 nitrogen and oxygen atoms in total. The molecule has 0 unspecified atom stereocenters. The van der Waals surface area contributed by atoms with Gasteiger partial charge in [0, 0.05) is 12.8 Å². The van der Waals surface area contributed by atoms with Gasteiger partial charge in [-0.2, -0.15) is 0 Å². The third-order valence-electron chi connectivity index (χ3n) is 2.69. The molecule has 1 amide bonds. The van der Waals surface area contributed by atoms with Crippen LogP contribution in [0.2, 0.25) is 0 Å². The number of phenolic OH excluding ortho intramolecular Hbond substituents is 2. The number of aliphatic carboxylic acids is 1. The summed E-state index contributed by atoms with van der Waals surface area (Å²) in [6, 6.07) is 2.93. The molecule has 0 spiro atoms.